The Kier molecular flexibility index (Phi) is 44.5. The molecule has 0 atom stereocenters. The molecule has 8 heterocycles. The van der Waals surface area contributed by atoms with Crippen molar-refractivity contribution in [1.82, 2.24) is 39.9 Å². The van der Waals surface area contributed by atoms with E-state index < -0.39 is 0 Å². The van der Waals surface area contributed by atoms with E-state index in [1.165, 1.54) is 83.5 Å². The molecule has 8 nitrogen and oxygen atoms in total. The number of pyridine rings is 8. The fourth-order valence-electron chi connectivity index (χ4n) is 14.7. The van der Waals surface area contributed by atoms with Gasteiger partial charge in [0.15, 0.2) is 0 Å². The molecule has 8 aromatic heterocycles. The van der Waals surface area contributed by atoms with Crippen molar-refractivity contribution >= 4 is 0 Å². The summed E-state index contributed by atoms with van der Waals surface area (Å²) in [6.07, 6.45) is 14.7. The maximum Gasteiger partial charge on any atom is 0.0198 e. The van der Waals surface area contributed by atoms with Crippen LogP contribution in [0.4, 0.5) is 0 Å². The molecule has 0 saturated carbocycles. The van der Waals surface area contributed by atoms with Gasteiger partial charge in [0.25, 0.3) is 0 Å². The summed E-state index contributed by atoms with van der Waals surface area (Å²) in [5.41, 5.74) is 35.3. The minimum atomic E-state index is 0. The van der Waals surface area contributed by atoms with Crippen LogP contribution in [-0.2, 0) is 102 Å². The number of aromatic nitrogens is 8. The molecule has 4 radical (unpaired) electrons. The Morgan fingerprint density at radius 1 is 0.182 bits per heavy atom. The van der Waals surface area contributed by atoms with Gasteiger partial charge in [0.1, 0.15) is 0 Å². The van der Waals surface area contributed by atoms with Crippen molar-refractivity contribution in [2.75, 3.05) is 0 Å². The van der Waals surface area contributed by atoms with Crippen molar-refractivity contribution in [1.29, 1.82) is 0 Å². The molecule has 0 bridgehead atoms. The fraction of sp³-hybridized carbons (Fsp3) is 0.145. The van der Waals surface area contributed by atoms with Crippen molar-refractivity contribution in [3.05, 3.63) is 531 Å². The van der Waals surface area contributed by atoms with Crippen LogP contribution in [0.15, 0.2) is 444 Å². The van der Waals surface area contributed by atoms with Crippen molar-refractivity contribution in [3.8, 4) is 135 Å². The van der Waals surface area contributed by atoms with Gasteiger partial charge in [-0.3, -0.25) is 0 Å². The maximum atomic E-state index is 4.59. The number of hydrogen-bond acceptors (Lipinski definition) is 8. The number of aryl methyl sites for hydroxylation is 3. The zero-order valence-corrected chi connectivity index (χ0v) is 93.1. The zero-order valence-electron chi connectivity index (χ0n) is 83.6. The summed E-state index contributed by atoms with van der Waals surface area (Å²) in [4.78, 5) is 34.7. The van der Waals surface area contributed by atoms with E-state index in [0.29, 0.717) is 0 Å². The minimum Gasteiger partial charge on any atom is -0.305 e. The van der Waals surface area contributed by atoms with E-state index in [1.54, 1.807) is 24.8 Å². The van der Waals surface area contributed by atoms with Crippen LogP contribution in [0.3, 0.4) is 0 Å². The molecule has 0 unspecified atom stereocenters. The third-order valence-electron chi connectivity index (χ3n) is 22.6. The molecule has 0 aliphatic carbocycles. The fourth-order valence-corrected chi connectivity index (χ4v) is 14.7. The van der Waals surface area contributed by atoms with E-state index in [4.69, 9.17) is 0 Å². The summed E-state index contributed by atoms with van der Waals surface area (Å²) in [7, 11) is 0. The second-order valence-electron chi connectivity index (χ2n) is 37.6. The van der Waals surface area contributed by atoms with Crippen LogP contribution in [0.2, 0.25) is 0 Å². The molecule has 726 valence electrons. The minimum absolute atomic E-state index is 0. The van der Waals surface area contributed by atoms with Crippen LogP contribution < -0.4 is 0 Å². The first-order chi connectivity index (χ1) is 67.2. The summed E-state index contributed by atoms with van der Waals surface area (Å²) in [5.74, 6) is 0. The largest absolute Gasteiger partial charge is 0.305 e. The monoisotopic (exact) mass is 2570 g/mol. The van der Waals surface area contributed by atoms with Gasteiger partial charge in [0.05, 0.1) is 0 Å². The summed E-state index contributed by atoms with van der Waals surface area (Å²) >= 11 is 0. The van der Waals surface area contributed by atoms with E-state index in [2.05, 4.69) is 380 Å². The Bertz CT molecular complexity index is 6610. The van der Waals surface area contributed by atoms with Gasteiger partial charge in [-0.15, -0.1) is 263 Å². The number of nitrogens with zero attached hydrogens (tertiary/aromatic N) is 8. The summed E-state index contributed by atoms with van der Waals surface area (Å²) in [6.45, 7) is 33.0. The average Bonchev–Trinajstić information content (AvgIpc) is 0.791. The van der Waals surface area contributed by atoms with E-state index in [0.717, 1.165) is 90.1 Å². The van der Waals surface area contributed by atoms with E-state index in [1.807, 2.05) is 231 Å². The predicted molar refractivity (Wildman–Crippen MR) is 579 cm³/mol. The van der Waals surface area contributed by atoms with Crippen LogP contribution in [0.5, 0.6) is 0 Å². The Morgan fingerprint density at radius 2 is 0.476 bits per heavy atom. The van der Waals surface area contributed by atoms with Crippen molar-refractivity contribution in [3.63, 3.8) is 0 Å². The Hall–Kier alpha value is -13.6. The van der Waals surface area contributed by atoms with Crippen molar-refractivity contribution < 1.29 is 80.4 Å². The molecule has 0 saturated heterocycles. The van der Waals surface area contributed by atoms with Crippen molar-refractivity contribution in [2.45, 2.75) is 126 Å². The zero-order chi connectivity index (χ0) is 97.8. The van der Waals surface area contributed by atoms with E-state index >= 15 is 0 Å². The molecular formula is C131H118Ir4N8-8. The third-order valence-corrected chi connectivity index (χ3v) is 22.6. The van der Waals surface area contributed by atoms with E-state index in [9.17, 15) is 0 Å². The van der Waals surface area contributed by atoms with Gasteiger partial charge < -0.3 is 39.9 Å². The van der Waals surface area contributed by atoms with Crippen LogP contribution in [0, 0.1) is 69.3 Å². The molecule has 143 heavy (non-hydrogen) atoms. The topological polar surface area (TPSA) is 103 Å². The molecule has 0 N–H and O–H groups in total. The summed E-state index contributed by atoms with van der Waals surface area (Å²) in [5, 5.41) is 0. The van der Waals surface area contributed by atoms with Crippen LogP contribution in [-0.4, -0.2) is 39.9 Å². The van der Waals surface area contributed by atoms with Gasteiger partial charge in [0, 0.05) is 130 Å². The molecular weight excluding hydrogens is 2450 g/mol. The quantitative estimate of drug-likeness (QED) is 0.111. The standard InChI is InChI=1S/3C22H22N.C21H20N.4C11H8N.4Ir/c1-16-13-14-23-21(15-16)19-7-5-17(6-8-19)18-9-11-20(12-10-18)22(2,3)4;1-16-12-13-23-21(14-16)18-10-8-17(9-11-18)19-6-5-7-20(15-19)22(2,3)4;1-16-13-14-23-21(15-16)18-11-9-17(10-12-18)19-7-5-6-8-20(19)22(2,3)4;1-21(2,3)19-13-14-20(22-15-19)18-11-9-17(10-12-18)16-7-5-4-6-8-16;4*1-2-6-10(7-3-1)11-8-4-5-9-12-11;;;;/h5-7,9-15H,1-4H3;5-10,12-15H,1-4H3;5-11,13-15H,1-4H3;4-11,13-15H,1-3H3;4*1-6,8-9H;;;;/q8*-1;;;;. The van der Waals surface area contributed by atoms with Crippen LogP contribution in [0.1, 0.15) is 122 Å². The predicted octanol–water partition coefficient (Wildman–Crippen LogP) is 33.2. The molecule has 20 rings (SSSR count). The van der Waals surface area contributed by atoms with Gasteiger partial charge in [-0.1, -0.05) is 326 Å². The number of hydrogen-bond donors (Lipinski definition) is 0. The number of benzene rings is 12. The second kappa shape index (κ2) is 56.3. The SMILES string of the molecule is CC(C)(C)c1ccc(-c2[c-]cc(-c3ccccc3)cc2)nc1.Cc1ccnc(-c2[c-]cc(-c3ccc(C(C)(C)C)cc3)cc2)c1.Cc1ccnc(-c2[c-]cc(-c3cccc(C(C)(C)C)c3)cc2)c1.Cc1ccnc(-c2[c-]cc(-c3ccccc3C(C)(C)C)cc2)c1.[Ir].[Ir].[Ir].[Ir].[c-]1ccccc1-c1ccccn1.[c-]1ccccc1-c1ccccn1.[c-]1ccccc1-c1ccccn1.[c-]1ccccc1-c1ccccn1. The molecule has 0 aliphatic rings. The van der Waals surface area contributed by atoms with Crippen molar-refractivity contribution in [2.24, 2.45) is 0 Å². The Labute approximate surface area is 903 Å². The van der Waals surface area contributed by atoms with Crippen LogP contribution in [0.25, 0.3) is 135 Å². The van der Waals surface area contributed by atoms with E-state index in [-0.39, 0.29) is 102 Å². The van der Waals surface area contributed by atoms with Gasteiger partial charge >= 0.3 is 0 Å². The third kappa shape index (κ3) is 35.2. The molecule has 0 aliphatic heterocycles. The molecule has 12 aromatic carbocycles. The first kappa shape index (κ1) is 113. The first-order valence-electron chi connectivity index (χ1n) is 46.9. The van der Waals surface area contributed by atoms with Gasteiger partial charge in [0.2, 0.25) is 0 Å². The van der Waals surface area contributed by atoms with Gasteiger partial charge in [-0.05, 0) is 153 Å². The maximum absolute atomic E-state index is 4.59. The summed E-state index contributed by atoms with van der Waals surface area (Å²) in [6, 6.07) is 159. The Balaban J connectivity index is 0.000000184. The average molecular weight is 2570 g/mol. The second-order valence-corrected chi connectivity index (χ2v) is 37.6. The smallest absolute Gasteiger partial charge is 0.0198 e. The van der Waals surface area contributed by atoms with Gasteiger partial charge in [-0.25, -0.2) is 0 Å². The molecule has 0 spiro atoms. The van der Waals surface area contributed by atoms with Gasteiger partial charge in [-0.2, -0.15) is 0 Å². The molecule has 20 aromatic rings. The number of rotatable bonds is 12. The molecule has 0 amide bonds. The first-order valence-corrected chi connectivity index (χ1v) is 46.9. The Morgan fingerprint density at radius 3 is 0.790 bits per heavy atom. The summed E-state index contributed by atoms with van der Waals surface area (Å²) < 4.78 is 0. The van der Waals surface area contributed by atoms with Crippen LogP contribution >= 0.6 is 0 Å². The normalized spacial score (nSPS) is 10.5. The molecule has 12 heteroatoms. The molecule has 0 fully saturated rings.